The fraction of sp³-hybridized carbons (Fsp3) is 0.500. The number of carbonyl (C=O) groups is 2. The molecule has 1 aromatic rings. The zero-order valence-corrected chi connectivity index (χ0v) is 12.1. The lowest BCUT2D eigenvalue weighted by Crippen LogP contribution is -2.44. The molecule has 1 saturated heterocycles. The van der Waals surface area contributed by atoms with Crippen LogP contribution < -0.4 is 5.32 Å². The van der Waals surface area contributed by atoms with Crippen molar-refractivity contribution in [2.24, 2.45) is 5.41 Å². The molecular weight excluding hydrogens is 268 g/mol. The van der Waals surface area contributed by atoms with Crippen molar-refractivity contribution in [3.8, 4) is 0 Å². The summed E-state index contributed by atoms with van der Waals surface area (Å²) >= 11 is 0. The molecule has 0 bridgehead atoms. The molecule has 2 aliphatic rings. The number of carboxylic acids is 1. The van der Waals surface area contributed by atoms with E-state index < -0.39 is 11.4 Å². The number of aliphatic carboxylic acids is 1. The summed E-state index contributed by atoms with van der Waals surface area (Å²) in [6.07, 6.45) is 1.44. The smallest absolute Gasteiger partial charge is 0.311 e. The maximum Gasteiger partial charge on any atom is 0.311 e. The SMILES string of the molecule is CC1(C(=O)O)CCN(C(=O)C2NCCc3ccccc32)C1. The Balaban J connectivity index is 1.80. The second kappa shape index (κ2) is 5.15. The number of carbonyl (C=O) groups excluding carboxylic acids is 1. The molecule has 1 amide bonds. The largest absolute Gasteiger partial charge is 0.481 e. The van der Waals surface area contributed by atoms with Gasteiger partial charge in [-0.05, 0) is 30.9 Å². The standard InChI is InChI=1S/C16H20N2O3/c1-16(15(20)21)7-9-18(10-16)14(19)13-12-5-3-2-4-11(12)6-8-17-13/h2-5,13,17H,6-10H2,1H3,(H,20,21). The van der Waals surface area contributed by atoms with Gasteiger partial charge >= 0.3 is 5.97 Å². The van der Waals surface area contributed by atoms with Crippen molar-refractivity contribution in [1.82, 2.24) is 10.2 Å². The van der Waals surface area contributed by atoms with Gasteiger partial charge in [0.1, 0.15) is 6.04 Å². The Morgan fingerprint density at radius 1 is 1.38 bits per heavy atom. The lowest BCUT2D eigenvalue weighted by atomic mass is 9.90. The van der Waals surface area contributed by atoms with Gasteiger partial charge in [0.05, 0.1) is 5.41 Å². The quantitative estimate of drug-likeness (QED) is 0.858. The minimum absolute atomic E-state index is 0.00729. The first kappa shape index (κ1) is 14.1. The second-order valence-electron chi connectivity index (χ2n) is 6.21. The van der Waals surface area contributed by atoms with Crippen molar-refractivity contribution in [3.63, 3.8) is 0 Å². The van der Waals surface area contributed by atoms with Crippen LogP contribution >= 0.6 is 0 Å². The Bertz CT molecular complexity index is 587. The lowest BCUT2D eigenvalue weighted by molar-refractivity contribution is -0.147. The van der Waals surface area contributed by atoms with Gasteiger partial charge < -0.3 is 15.3 Å². The molecule has 0 spiro atoms. The molecule has 1 aromatic carbocycles. The fourth-order valence-corrected chi connectivity index (χ4v) is 3.23. The van der Waals surface area contributed by atoms with Gasteiger partial charge in [0.2, 0.25) is 5.91 Å². The van der Waals surface area contributed by atoms with E-state index in [4.69, 9.17) is 0 Å². The van der Waals surface area contributed by atoms with Gasteiger partial charge in [0.25, 0.3) is 0 Å². The number of amides is 1. The summed E-state index contributed by atoms with van der Waals surface area (Å²) in [5.41, 5.74) is 1.41. The minimum Gasteiger partial charge on any atom is -0.481 e. The van der Waals surface area contributed by atoms with Crippen molar-refractivity contribution in [3.05, 3.63) is 35.4 Å². The van der Waals surface area contributed by atoms with E-state index in [1.54, 1.807) is 11.8 Å². The molecule has 2 unspecified atom stereocenters. The van der Waals surface area contributed by atoms with Crippen LogP contribution in [0.4, 0.5) is 0 Å². The van der Waals surface area contributed by atoms with Crippen molar-refractivity contribution in [2.75, 3.05) is 19.6 Å². The summed E-state index contributed by atoms with van der Waals surface area (Å²) in [7, 11) is 0. The van der Waals surface area contributed by atoms with Crippen molar-refractivity contribution >= 4 is 11.9 Å². The highest BCUT2D eigenvalue weighted by Gasteiger charge is 2.43. The maximum atomic E-state index is 12.7. The lowest BCUT2D eigenvalue weighted by Gasteiger charge is -2.30. The predicted octanol–water partition coefficient (Wildman–Crippen LogP) is 1.20. The first-order valence-corrected chi connectivity index (χ1v) is 7.35. The van der Waals surface area contributed by atoms with Crippen LogP contribution in [0.5, 0.6) is 0 Å². The van der Waals surface area contributed by atoms with Crippen molar-refractivity contribution < 1.29 is 14.7 Å². The van der Waals surface area contributed by atoms with Crippen LogP contribution in [0.25, 0.3) is 0 Å². The van der Waals surface area contributed by atoms with E-state index in [2.05, 4.69) is 11.4 Å². The Labute approximate surface area is 123 Å². The van der Waals surface area contributed by atoms with Gasteiger partial charge in [-0.25, -0.2) is 0 Å². The highest BCUT2D eigenvalue weighted by molar-refractivity contribution is 5.86. The molecule has 0 saturated carbocycles. The van der Waals surface area contributed by atoms with Crippen LogP contribution in [-0.2, 0) is 16.0 Å². The maximum absolute atomic E-state index is 12.7. The van der Waals surface area contributed by atoms with Crippen molar-refractivity contribution in [1.29, 1.82) is 0 Å². The molecule has 3 rings (SSSR count). The summed E-state index contributed by atoms with van der Waals surface area (Å²) in [6.45, 7) is 3.30. The number of nitrogens with one attached hydrogen (secondary N) is 1. The second-order valence-corrected chi connectivity index (χ2v) is 6.21. The minimum atomic E-state index is -0.824. The van der Waals surface area contributed by atoms with Crippen LogP contribution in [0.3, 0.4) is 0 Å². The molecule has 5 nitrogen and oxygen atoms in total. The molecule has 2 aliphatic heterocycles. The van der Waals surface area contributed by atoms with E-state index in [-0.39, 0.29) is 11.9 Å². The third-order valence-electron chi connectivity index (χ3n) is 4.66. The molecule has 112 valence electrons. The number of likely N-dealkylation sites (tertiary alicyclic amines) is 1. The van der Waals surface area contributed by atoms with E-state index in [1.165, 1.54) is 5.56 Å². The van der Waals surface area contributed by atoms with Crippen molar-refractivity contribution in [2.45, 2.75) is 25.8 Å². The van der Waals surface area contributed by atoms with Gasteiger partial charge in [-0.15, -0.1) is 0 Å². The first-order valence-electron chi connectivity index (χ1n) is 7.35. The molecule has 2 N–H and O–H groups in total. The van der Waals surface area contributed by atoms with Crippen LogP contribution in [0.2, 0.25) is 0 Å². The van der Waals surface area contributed by atoms with E-state index in [0.717, 1.165) is 18.5 Å². The van der Waals surface area contributed by atoms with Crippen LogP contribution in [0.15, 0.2) is 24.3 Å². The molecule has 1 fully saturated rings. The predicted molar refractivity (Wildman–Crippen MR) is 77.8 cm³/mol. The average Bonchev–Trinajstić information content (AvgIpc) is 2.90. The van der Waals surface area contributed by atoms with E-state index in [1.807, 2.05) is 18.2 Å². The summed E-state index contributed by atoms with van der Waals surface area (Å²) < 4.78 is 0. The molecule has 2 atom stereocenters. The number of rotatable bonds is 2. The third kappa shape index (κ3) is 2.42. The highest BCUT2D eigenvalue weighted by atomic mass is 16.4. The number of benzene rings is 1. The molecule has 2 heterocycles. The molecule has 0 aromatic heterocycles. The molecule has 21 heavy (non-hydrogen) atoms. The summed E-state index contributed by atoms with van der Waals surface area (Å²) in [5.74, 6) is -0.832. The number of hydrogen-bond acceptors (Lipinski definition) is 3. The molecule has 0 radical (unpaired) electrons. The zero-order valence-electron chi connectivity index (χ0n) is 12.1. The Kier molecular flexibility index (Phi) is 3.45. The number of carboxylic acid groups (broad SMARTS) is 1. The Hall–Kier alpha value is -1.88. The zero-order chi connectivity index (χ0) is 15.0. The van der Waals surface area contributed by atoms with E-state index >= 15 is 0 Å². The molecular formula is C16H20N2O3. The number of fused-ring (bicyclic) bond motifs is 1. The fourth-order valence-electron chi connectivity index (χ4n) is 3.23. The number of nitrogens with zero attached hydrogens (tertiary/aromatic N) is 1. The Morgan fingerprint density at radius 2 is 2.14 bits per heavy atom. The van der Waals surface area contributed by atoms with Crippen LogP contribution in [-0.4, -0.2) is 41.5 Å². The van der Waals surface area contributed by atoms with Gasteiger partial charge in [-0.1, -0.05) is 24.3 Å². The van der Waals surface area contributed by atoms with Gasteiger partial charge in [0.15, 0.2) is 0 Å². The summed E-state index contributed by atoms with van der Waals surface area (Å²) in [4.78, 5) is 25.7. The Morgan fingerprint density at radius 3 is 2.86 bits per heavy atom. The molecule has 0 aliphatic carbocycles. The number of hydrogen-bond donors (Lipinski definition) is 2. The van der Waals surface area contributed by atoms with Gasteiger partial charge in [-0.3, -0.25) is 9.59 Å². The monoisotopic (exact) mass is 288 g/mol. The summed E-state index contributed by atoms with van der Waals surface area (Å²) in [5, 5.41) is 12.6. The van der Waals surface area contributed by atoms with Crippen LogP contribution in [0.1, 0.15) is 30.5 Å². The highest BCUT2D eigenvalue weighted by Crippen LogP contribution is 2.33. The third-order valence-corrected chi connectivity index (χ3v) is 4.66. The normalized spacial score (nSPS) is 28.2. The van der Waals surface area contributed by atoms with Gasteiger partial charge in [0, 0.05) is 19.6 Å². The average molecular weight is 288 g/mol. The van der Waals surface area contributed by atoms with E-state index in [0.29, 0.717) is 19.5 Å². The van der Waals surface area contributed by atoms with Crippen LogP contribution in [0, 0.1) is 5.41 Å². The van der Waals surface area contributed by atoms with E-state index in [9.17, 15) is 14.7 Å². The summed E-state index contributed by atoms with van der Waals surface area (Å²) in [6, 6.07) is 7.63. The first-order chi connectivity index (χ1) is 10.0. The van der Waals surface area contributed by atoms with Gasteiger partial charge in [-0.2, -0.15) is 0 Å². The molecule has 5 heteroatoms. The topological polar surface area (TPSA) is 69.6 Å².